The largest absolute Gasteiger partial charge is 0.271 e. The fourth-order valence-corrected chi connectivity index (χ4v) is 2.69. The van der Waals surface area contributed by atoms with E-state index in [-0.39, 0.29) is 11.9 Å². The van der Waals surface area contributed by atoms with E-state index in [4.69, 9.17) is 29.0 Å². The SMILES string of the molecule is Cc1ccc(C(Cc2ccc(F)cc2Cl)NN)c(Cl)c1. The van der Waals surface area contributed by atoms with Crippen LogP contribution in [0.3, 0.4) is 0 Å². The maximum Gasteiger partial charge on any atom is 0.124 e. The van der Waals surface area contributed by atoms with Gasteiger partial charge in [0.15, 0.2) is 0 Å². The maximum atomic E-state index is 13.1. The molecule has 0 radical (unpaired) electrons. The monoisotopic (exact) mass is 312 g/mol. The van der Waals surface area contributed by atoms with Gasteiger partial charge in [0, 0.05) is 10.0 Å². The number of rotatable bonds is 4. The summed E-state index contributed by atoms with van der Waals surface area (Å²) in [5.41, 5.74) is 5.51. The fourth-order valence-electron chi connectivity index (χ4n) is 2.08. The predicted molar refractivity (Wildman–Crippen MR) is 81.4 cm³/mol. The molecule has 5 heteroatoms. The lowest BCUT2D eigenvalue weighted by Gasteiger charge is -2.19. The van der Waals surface area contributed by atoms with Crippen LogP contribution in [0.4, 0.5) is 4.39 Å². The van der Waals surface area contributed by atoms with Crippen LogP contribution in [0.25, 0.3) is 0 Å². The molecule has 0 amide bonds. The first-order chi connectivity index (χ1) is 9.51. The van der Waals surface area contributed by atoms with Gasteiger partial charge in [-0.05, 0) is 48.2 Å². The zero-order chi connectivity index (χ0) is 14.7. The number of hydrogen-bond donors (Lipinski definition) is 2. The van der Waals surface area contributed by atoms with E-state index in [0.29, 0.717) is 16.5 Å². The Hall–Kier alpha value is -1.13. The second-order valence-corrected chi connectivity index (χ2v) is 5.50. The summed E-state index contributed by atoms with van der Waals surface area (Å²) in [5, 5.41) is 1.03. The van der Waals surface area contributed by atoms with Gasteiger partial charge in [0.05, 0.1) is 6.04 Å². The highest BCUT2D eigenvalue weighted by atomic mass is 35.5. The Morgan fingerprint density at radius 1 is 1.15 bits per heavy atom. The lowest BCUT2D eigenvalue weighted by molar-refractivity contribution is 0.551. The van der Waals surface area contributed by atoms with Crippen LogP contribution in [0.1, 0.15) is 22.7 Å². The van der Waals surface area contributed by atoms with Crippen LogP contribution in [0.5, 0.6) is 0 Å². The number of nitrogens with one attached hydrogen (secondary N) is 1. The van der Waals surface area contributed by atoms with E-state index < -0.39 is 0 Å². The molecule has 0 bridgehead atoms. The summed E-state index contributed by atoms with van der Waals surface area (Å²) >= 11 is 12.3. The van der Waals surface area contributed by atoms with E-state index in [9.17, 15) is 4.39 Å². The van der Waals surface area contributed by atoms with Gasteiger partial charge < -0.3 is 0 Å². The molecule has 0 heterocycles. The zero-order valence-electron chi connectivity index (χ0n) is 11.0. The third kappa shape index (κ3) is 3.49. The van der Waals surface area contributed by atoms with E-state index in [2.05, 4.69) is 5.43 Å². The minimum atomic E-state index is -0.357. The molecule has 0 fully saturated rings. The molecular formula is C15H15Cl2FN2. The van der Waals surface area contributed by atoms with Gasteiger partial charge in [-0.3, -0.25) is 11.3 Å². The number of hydrazine groups is 1. The molecule has 0 aromatic heterocycles. The normalized spacial score (nSPS) is 12.4. The van der Waals surface area contributed by atoms with Crippen molar-refractivity contribution >= 4 is 23.2 Å². The minimum absolute atomic E-state index is 0.189. The van der Waals surface area contributed by atoms with Crippen LogP contribution in [-0.2, 0) is 6.42 Å². The van der Waals surface area contributed by atoms with Crippen molar-refractivity contribution in [1.82, 2.24) is 5.43 Å². The molecule has 1 unspecified atom stereocenters. The van der Waals surface area contributed by atoms with Crippen LogP contribution < -0.4 is 11.3 Å². The van der Waals surface area contributed by atoms with Crippen molar-refractivity contribution in [1.29, 1.82) is 0 Å². The van der Waals surface area contributed by atoms with Gasteiger partial charge in [-0.25, -0.2) is 4.39 Å². The maximum absolute atomic E-state index is 13.1. The third-order valence-electron chi connectivity index (χ3n) is 3.17. The Labute approximate surface area is 127 Å². The number of hydrogen-bond acceptors (Lipinski definition) is 2. The highest BCUT2D eigenvalue weighted by Gasteiger charge is 2.16. The van der Waals surface area contributed by atoms with Crippen LogP contribution in [0, 0.1) is 12.7 Å². The standard InChI is InChI=1S/C15H15Cl2FN2/c1-9-2-5-12(14(17)6-9)15(20-19)7-10-3-4-11(18)8-13(10)16/h2-6,8,15,20H,7,19H2,1H3. The Morgan fingerprint density at radius 2 is 1.90 bits per heavy atom. The first-order valence-corrected chi connectivity index (χ1v) is 6.93. The molecule has 3 N–H and O–H groups in total. The summed E-state index contributed by atoms with van der Waals surface area (Å²) in [5.74, 6) is 5.26. The molecule has 0 aliphatic heterocycles. The van der Waals surface area contributed by atoms with Gasteiger partial charge in [-0.1, -0.05) is 41.4 Å². The lowest BCUT2D eigenvalue weighted by atomic mass is 9.98. The Morgan fingerprint density at radius 3 is 2.50 bits per heavy atom. The molecule has 20 heavy (non-hydrogen) atoms. The summed E-state index contributed by atoms with van der Waals surface area (Å²) in [6.07, 6.45) is 0.526. The van der Waals surface area contributed by atoms with Crippen LogP contribution in [0.15, 0.2) is 36.4 Å². The number of halogens is 3. The predicted octanol–water partition coefficient (Wildman–Crippen LogP) is 4.19. The second kappa shape index (κ2) is 6.55. The van der Waals surface area contributed by atoms with Crippen molar-refractivity contribution in [2.45, 2.75) is 19.4 Å². The topological polar surface area (TPSA) is 38.0 Å². The molecule has 0 aliphatic rings. The first kappa shape index (κ1) is 15.3. The highest BCUT2D eigenvalue weighted by Crippen LogP contribution is 2.28. The van der Waals surface area contributed by atoms with Crippen molar-refractivity contribution in [3.05, 3.63) is 69.0 Å². The van der Waals surface area contributed by atoms with Gasteiger partial charge >= 0.3 is 0 Å². The Kier molecular flexibility index (Phi) is 5.00. The lowest BCUT2D eigenvalue weighted by Crippen LogP contribution is -2.30. The molecule has 0 saturated carbocycles. The van der Waals surface area contributed by atoms with E-state index >= 15 is 0 Å². The first-order valence-electron chi connectivity index (χ1n) is 6.17. The summed E-state index contributed by atoms with van der Waals surface area (Å²) in [4.78, 5) is 0. The summed E-state index contributed by atoms with van der Waals surface area (Å²) in [6, 6.07) is 9.92. The second-order valence-electron chi connectivity index (χ2n) is 4.68. The quantitative estimate of drug-likeness (QED) is 0.656. The van der Waals surface area contributed by atoms with E-state index in [0.717, 1.165) is 16.7 Å². The summed E-state index contributed by atoms with van der Waals surface area (Å²) < 4.78 is 13.1. The van der Waals surface area contributed by atoms with E-state index in [1.807, 2.05) is 25.1 Å². The summed E-state index contributed by atoms with van der Waals surface area (Å²) in [6.45, 7) is 1.97. The molecule has 1 atom stereocenters. The van der Waals surface area contributed by atoms with Crippen molar-refractivity contribution < 1.29 is 4.39 Å². The molecular weight excluding hydrogens is 298 g/mol. The molecule has 2 nitrogen and oxygen atoms in total. The molecule has 2 aromatic rings. The van der Waals surface area contributed by atoms with Crippen molar-refractivity contribution in [2.75, 3.05) is 0 Å². The van der Waals surface area contributed by atoms with Crippen LogP contribution in [-0.4, -0.2) is 0 Å². The summed E-state index contributed by atoms with van der Waals surface area (Å²) in [7, 11) is 0. The molecule has 2 aromatic carbocycles. The van der Waals surface area contributed by atoms with Gasteiger partial charge in [-0.15, -0.1) is 0 Å². The third-order valence-corrected chi connectivity index (χ3v) is 3.85. The number of benzene rings is 2. The van der Waals surface area contributed by atoms with Gasteiger partial charge in [0.25, 0.3) is 0 Å². The molecule has 0 aliphatic carbocycles. The zero-order valence-corrected chi connectivity index (χ0v) is 12.5. The smallest absolute Gasteiger partial charge is 0.124 e. The van der Waals surface area contributed by atoms with Crippen molar-refractivity contribution in [2.24, 2.45) is 5.84 Å². The molecule has 2 rings (SSSR count). The Balaban J connectivity index is 2.28. The van der Waals surface area contributed by atoms with Gasteiger partial charge in [0.2, 0.25) is 0 Å². The number of aryl methyl sites for hydroxylation is 1. The minimum Gasteiger partial charge on any atom is -0.271 e. The van der Waals surface area contributed by atoms with Crippen LogP contribution >= 0.6 is 23.2 Å². The van der Waals surface area contributed by atoms with E-state index in [1.165, 1.54) is 12.1 Å². The van der Waals surface area contributed by atoms with Crippen molar-refractivity contribution in [3.63, 3.8) is 0 Å². The van der Waals surface area contributed by atoms with Crippen molar-refractivity contribution in [3.8, 4) is 0 Å². The average molecular weight is 313 g/mol. The van der Waals surface area contributed by atoms with Crippen LogP contribution in [0.2, 0.25) is 10.0 Å². The molecule has 106 valence electrons. The van der Waals surface area contributed by atoms with Gasteiger partial charge in [-0.2, -0.15) is 0 Å². The molecule has 0 spiro atoms. The van der Waals surface area contributed by atoms with Gasteiger partial charge in [0.1, 0.15) is 5.82 Å². The molecule has 0 saturated heterocycles. The average Bonchev–Trinajstić information content (AvgIpc) is 2.39. The highest BCUT2D eigenvalue weighted by molar-refractivity contribution is 6.31. The van der Waals surface area contributed by atoms with E-state index in [1.54, 1.807) is 6.07 Å². The number of nitrogens with two attached hydrogens (primary N) is 1. The Bertz CT molecular complexity index is 617. The fraction of sp³-hybridized carbons (Fsp3) is 0.200.